The van der Waals surface area contributed by atoms with Crippen LogP contribution in [-0.4, -0.2) is 39.0 Å². The van der Waals surface area contributed by atoms with Crippen LogP contribution >= 0.6 is 0 Å². The van der Waals surface area contributed by atoms with E-state index in [0.29, 0.717) is 19.3 Å². The van der Waals surface area contributed by atoms with E-state index in [0.717, 1.165) is 35.4 Å². The number of carbonyl (C=O) groups excluding carboxylic acids is 1. The molecule has 1 N–H and O–H groups in total. The SMILES string of the molecule is Cc1cc(CC(=O)N2[C@H]3CC[C@@H]2[C@](Cc2ccccc2)(C(=O)O)C3)cc(C)n1. The normalized spacial score (nSPS) is 25.9. The number of amides is 1. The average Bonchev–Trinajstić information content (AvgIpc) is 3.18. The number of carbonyl (C=O) groups is 2. The molecule has 0 unspecified atom stereocenters. The number of carboxylic acid groups (broad SMARTS) is 1. The van der Waals surface area contributed by atoms with Crippen molar-refractivity contribution in [3.63, 3.8) is 0 Å². The second kappa shape index (κ2) is 7.04. The number of aryl methyl sites for hydroxylation is 2. The zero-order valence-corrected chi connectivity index (χ0v) is 16.4. The van der Waals surface area contributed by atoms with Crippen LogP contribution in [0.25, 0.3) is 0 Å². The minimum absolute atomic E-state index is 0.0290. The smallest absolute Gasteiger partial charge is 0.312 e. The number of fused-ring (bicyclic) bond motifs is 2. The third kappa shape index (κ3) is 3.19. The van der Waals surface area contributed by atoms with Crippen molar-refractivity contribution in [3.05, 3.63) is 65.0 Å². The molecular formula is C23H26N2O3. The van der Waals surface area contributed by atoms with Crippen molar-refractivity contribution in [2.75, 3.05) is 0 Å². The molecule has 5 nitrogen and oxygen atoms in total. The molecule has 0 saturated carbocycles. The molecule has 3 heterocycles. The number of nitrogens with zero attached hydrogens (tertiary/aromatic N) is 2. The lowest BCUT2D eigenvalue weighted by molar-refractivity contribution is -0.151. The van der Waals surface area contributed by atoms with Crippen LogP contribution in [-0.2, 0) is 22.4 Å². The topological polar surface area (TPSA) is 70.5 Å². The van der Waals surface area contributed by atoms with E-state index in [1.165, 1.54) is 0 Å². The summed E-state index contributed by atoms with van der Waals surface area (Å²) in [4.78, 5) is 31.8. The van der Waals surface area contributed by atoms with Gasteiger partial charge in [-0.25, -0.2) is 0 Å². The highest BCUT2D eigenvalue weighted by atomic mass is 16.4. The number of aromatic nitrogens is 1. The van der Waals surface area contributed by atoms with Gasteiger partial charge in [-0.05, 0) is 62.8 Å². The van der Waals surface area contributed by atoms with Gasteiger partial charge in [0.15, 0.2) is 0 Å². The molecule has 2 bridgehead atoms. The lowest BCUT2D eigenvalue weighted by Crippen LogP contribution is -2.46. The molecule has 2 fully saturated rings. The highest BCUT2D eigenvalue weighted by molar-refractivity contribution is 5.84. The average molecular weight is 378 g/mol. The van der Waals surface area contributed by atoms with Crippen LogP contribution in [0.3, 0.4) is 0 Å². The fraction of sp³-hybridized carbons (Fsp3) is 0.435. The summed E-state index contributed by atoms with van der Waals surface area (Å²) < 4.78 is 0. The van der Waals surface area contributed by atoms with Gasteiger partial charge in [0.1, 0.15) is 0 Å². The molecule has 0 spiro atoms. The molecule has 1 amide bonds. The van der Waals surface area contributed by atoms with Gasteiger partial charge in [0.25, 0.3) is 0 Å². The zero-order valence-electron chi connectivity index (χ0n) is 16.4. The summed E-state index contributed by atoms with van der Waals surface area (Å²) in [5.41, 5.74) is 2.88. The van der Waals surface area contributed by atoms with Crippen molar-refractivity contribution in [1.82, 2.24) is 9.88 Å². The third-order valence-electron chi connectivity index (χ3n) is 6.31. The Bertz CT molecular complexity index is 891. The molecule has 0 radical (unpaired) electrons. The molecular weight excluding hydrogens is 352 g/mol. The highest BCUT2D eigenvalue weighted by Gasteiger charge is 2.61. The van der Waals surface area contributed by atoms with Gasteiger partial charge in [-0.1, -0.05) is 30.3 Å². The number of rotatable bonds is 5. The Kier molecular flexibility index (Phi) is 4.69. The molecule has 5 heteroatoms. The van der Waals surface area contributed by atoms with Gasteiger partial charge in [0.05, 0.1) is 11.8 Å². The number of pyridine rings is 1. The van der Waals surface area contributed by atoms with Crippen molar-refractivity contribution in [2.45, 2.75) is 58.0 Å². The van der Waals surface area contributed by atoms with Crippen molar-refractivity contribution < 1.29 is 14.7 Å². The van der Waals surface area contributed by atoms with Crippen LogP contribution in [0.4, 0.5) is 0 Å². The van der Waals surface area contributed by atoms with E-state index in [4.69, 9.17) is 0 Å². The summed E-state index contributed by atoms with van der Waals surface area (Å²) in [6.45, 7) is 3.85. The predicted molar refractivity (Wildman–Crippen MR) is 106 cm³/mol. The molecule has 28 heavy (non-hydrogen) atoms. The molecule has 3 atom stereocenters. The second-order valence-electron chi connectivity index (χ2n) is 8.31. The van der Waals surface area contributed by atoms with Crippen LogP contribution in [0, 0.1) is 19.3 Å². The Labute approximate surface area is 165 Å². The molecule has 4 rings (SSSR count). The van der Waals surface area contributed by atoms with Crippen molar-refractivity contribution >= 4 is 11.9 Å². The Morgan fingerprint density at radius 1 is 1.11 bits per heavy atom. The standard InChI is InChI=1S/C23H26N2O3/c1-15-10-18(11-16(2)24-15)12-21(26)25-19-8-9-20(25)23(14-19,22(27)28)13-17-6-4-3-5-7-17/h3-7,10-11,19-20H,8-9,12-14H2,1-2H3,(H,27,28)/t19-,20+,23+/m0/s1. The number of benzene rings is 1. The molecule has 2 saturated heterocycles. The van der Waals surface area contributed by atoms with E-state index in [1.807, 2.05) is 61.2 Å². The van der Waals surface area contributed by atoms with Gasteiger partial charge in [0, 0.05) is 23.5 Å². The van der Waals surface area contributed by atoms with E-state index in [2.05, 4.69) is 4.98 Å². The van der Waals surface area contributed by atoms with Crippen LogP contribution in [0.1, 0.15) is 41.8 Å². The first kappa shape index (κ1) is 18.7. The summed E-state index contributed by atoms with van der Waals surface area (Å²) in [5, 5.41) is 10.2. The molecule has 1 aromatic carbocycles. The summed E-state index contributed by atoms with van der Waals surface area (Å²) in [7, 11) is 0. The number of hydrogen-bond donors (Lipinski definition) is 1. The van der Waals surface area contributed by atoms with E-state index < -0.39 is 11.4 Å². The van der Waals surface area contributed by atoms with E-state index >= 15 is 0 Å². The number of hydrogen-bond acceptors (Lipinski definition) is 3. The fourth-order valence-electron chi connectivity index (χ4n) is 5.30. The summed E-state index contributed by atoms with van der Waals surface area (Å²) in [6.07, 6.45) is 2.99. The minimum Gasteiger partial charge on any atom is -0.481 e. The molecule has 0 aliphatic carbocycles. The Morgan fingerprint density at radius 3 is 2.43 bits per heavy atom. The maximum atomic E-state index is 13.2. The zero-order chi connectivity index (χ0) is 19.9. The Morgan fingerprint density at radius 2 is 1.79 bits per heavy atom. The minimum atomic E-state index is -0.885. The van der Waals surface area contributed by atoms with Gasteiger partial charge in [-0.15, -0.1) is 0 Å². The first-order chi connectivity index (χ1) is 13.4. The summed E-state index contributed by atoms with van der Waals surface area (Å²) in [5.74, 6) is -0.745. The van der Waals surface area contributed by atoms with Crippen LogP contribution in [0.5, 0.6) is 0 Å². The first-order valence-corrected chi connectivity index (χ1v) is 9.92. The van der Waals surface area contributed by atoms with Gasteiger partial charge in [-0.2, -0.15) is 0 Å². The van der Waals surface area contributed by atoms with E-state index in [-0.39, 0.29) is 18.0 Å². The second-order valence-corrected chi connectivity index (χ2v) is 8.31. The van der Waals surface area contributed by atoms with Crippen LogP contribution in [0.15, 0.2) is 42.5 Å². The largest absolute Gasteiger partial charge is 0.481 e. The molecule has 1 aromatic heterocycles. The Balaban J connectivity index is 1.59. The fourth-order valence-corrected chi connectivity index (χ4v) is 5.30. The van der Waals surface area contributed by atoms with Crippen molar-refractivity contribution in [3.8, 4) is 0 Å². The lowest BCUT2D eigenvalue weighted by Gasteiger charge is -2.33. The van der Waals surface area contributed by atoms with Crippen molar-refractivity contribution in [2.24, 2.45) is 5.41 Å². The summed E-state index contributed by atoms with van der Waals surface area (Å²) in [6, 6.07) is 13.5. The van der Waals surface area contributed by atoms with Crippen molar-refractivity contribution in [1.29, 1.82) is 0 Å². The van der Waals surface area contributed by atoms with Gasteiger partial charge >= 0.3 is 5.97 Å². The van der Waals surface area contributed by atoms with Gasteiger partial charge < -0.3 is 10.0 Å². The molecule has 2 aliphatic heterocycles. The number of carboxylic acids is 1. The molecule has 2 aromatic rings. The first-order valence-electron chi connectivity index (χ1n) is 9.92. The van der Waals surface area contributed by atoms with Gasteiger partial charge in [-0.3, -0.25) is 14.6 Å². The Hall–Kier alpha value is -2.69. The highest BCUT2D eigenvalue weighted by Crippen LogP contribution is 2.52. The molecule has 146 valence electrons. The summed E-state index contributed by atoms with van der Waals surface area (Å²) >= 11 is 0. The van der Waals surface area contributed by atoms with Crippen LogP contribution in [0.2, 0.25) is 0 Å². The maximum Gasteiger partial charge on any atom is 0.312 e. The quantitative estimate of drug-likeness (QED) is 0.866. The monoisotopic (exact) mass is 378 g/mol. The van der Waals surface area contributed by atoms with Gasteiger partial charge in [0.2, 0.25) is 5.91 Å². The predicted octanol–water partition coefficient (Wildman–Crippen LogP) is 3.32. The number of aliphatic carboxylic acids is 1. The maximum absolute atomic E-state index is 13.2. The van der Waals surface area contributed by atoms with E-state index in [9.17, 15) is 14.7 Å². The van der Waals surface area contributed by atoms with Crippen LogP contribution < -0.4 is 0 Å². The van der Waals surface area contributed by atoms with E-state index in [1.54, 1.807) is 0 Å². The molecule has 2 aliphatic rings. The lowest BCUT2D eigenvalue weighted by atomic mass is 9.70. The third-order valence-corrected chi connectivity index (χ3v) is 6.31.